The normalized spacial score (nSPS) is 13.2. The molecule has 0 unspecified atom stereocenters. The summed E-state index contributed by atoms with van der Waals surface area (Å²) in [6.45, 7) is 1.79. The van der Waals surface area contributed by atoms with E-state index < -0.39 is 0 Å². The van der Waals surface area contributed by atoms with Gasteiger partial charge in [0.05, 0.1) is 0 Å². The number of alkyl halides is 2. The van der Waals surface area contributed by atoms with Crippen molar-refractivity contribution in [1.82, 2.24) is 0 Å². The van der Waals surface area contributed by atoms with E-state index in [0.29, 0.717) is 11.8 Å². The lowest BCUT2D eigenvalue weighted by Gasteiger charge is -1.99. The molecule has 0 spiro atoms. The summed E-state index contributed by atoms with van der Waals surface area (Å²) in [6, 6.07) is 0. The third kappa shape index (κ3) is 6.85. The van der Waals surface area contributed by atoms with Gasteiger partial charge in [0.15, 0.2) is 0 Å². The van der Waals surface area contributed by atoms with Gasteiger partial charge in [0.1, 0.15) is 6.29 Å². The molecule has 0 rings (SSSR count). The van der Waals surface area contributed by atoms with Gasteiger partial charge in [0.2, 0.25) is 0 Å². The number of carbonyl (C=O) groups is 1. The van der Waals surface area contributed by atoms with E-state index in [-0.39, 0.29) is 0 Å². The van der Waals surface area contributed by atoms with Crippen LogP contribution in [-0.4, -0.2) is 18.0 Å². The van der Waals surface area contributed by atoms with Crippen LogP contribution < -0.4 is 0 Å². The molecule has 0 aliphatic heterocycles. The predicted octanol–water partition coefficient (Wildman–Crippen LogP) is 3.32. The van der Waals surface area contributed by atoms with Crippen molar-refractivity contribution in [2.75, 3.05) is 11.8 Å². The maximum absolute atomic E-state index is 10.2. The molecule has 0 fully saturated rings. The highest BCUT2D eigenvalue weighted by molar-refractivity contribution is 6.20. The van der Waals surface area contributed by atoms with E-state index in [1.54, 1.807) is 6.92 Å². The summed E-state index contributed by atoms with van der Waals surface area (Å²) >= 11 is 11.2. The lowest BCUT2D eigenvalue weighted by molar-refractivity contribution is -0.104. The summed E-state index contributed by atoms with van der Waals surface area (Å²) in [5.41, 5.74) is 1.89. The van der Waals surface area contributed by atoms with E-state index in [4.69, 9.17) is 23.2 Å². The number of aldehydes is 1. The minimum atomic E-state index is 0.498. The van der Waals surface area contributed by atoms with Gasteiger partial charge in [-0.3, -0.25) is 4.79 Å². The zero-order valence-corrected chi connectivity index (χ0v) is 9.24. The standard InChI is InChI=1S/C10H14Cl2O/c1-9(8-13)3-2-4-10(7-12)5-6-11/h3,5,8H,2,4,6-7H2,1H3/b9-3-,10-5+. The fourth-order valence-corrected chi connectivity index (χ4v) is 1.33. The Balaban J connectivity index is 3.86. The summed E-state index contributed by atoms with van der Waals surface area (Å²) in [6.07, 6.45) is 6.40. The fraction of sp³-hybridized carbons (Fsp3) is 0.500. The van der Waals surface area contributed by atoms with Gasteiger partial charge in [-0.05, 0) is 25.3 Å². The Hall–Kier alpha value is -0.270. The van der Waals surface area contributed by atoms with Crippen molar-refractivity contribution in [1.29, 1.82) is 0 Å². The van der Waals surface area contributed by atoms with Crippen LogP contribution in [0.2, 0.25) is 0 Å². The Morgan fingerprint density at radius 1 is 1.31 bits per heavy atom. The lowest BCUT2D eigenvalue weighted by atomic mass is 10.1. The molecular formula is C10H14Cl2O. The first-order chi connectivity index (χ1) is 6.24. The molecule has 74 valence electrons. The second kappa shape index (κ2) is 8.33. The molecule has 0 aliphatic rings. The zero-order chi connectivity index (χ0) is 10.1. The van der Waals surface area contributed by atoms with Crippen molar-refractivity contribution in [3.8, 4) is 0 Å². The number of halogens is 2. The molecule has 0 radical (unpaired) electrons. The molecule has 0 N–H and O–H groups in total. The number of hydrogen-bond acceptors (Lipinski definition) is 1. The van der Waals surface area contributed by atoms with E-state index in [1.807, 2.05) is 12.2 Å². The summed E-state index contributed by atoms with van der Waals surface area (Å²) in [7, 11) is 0. The first-order valence-corrected chi connectivity index (χ1v) is 5.23. The largest absolute Gasteiger partial charge is 0.298 e. The summed E-state index contributed by atoms with van der Waals surface area (Å²) in [5, 5.41) is 0. The van der Waals surface area contributed by atoms with Crippen LogP contribution in [0.15, 0.2) is 23.3 Å². The third-order valence-electron chi connectivity index (χ3n) is 1.66. The molecule has 0 heterocycles. The second-order valence-electron chi connectivity index (χ2n) is 2.75. The average Bonchev–Trinajstić information content (AvgIpc) is 2.16. The van der Waals surface area contributed by atoms with Crippen LogP contribution in [0.1, 0.15) is 19.8 Å². The first kappa shape index (κ1) is 12.7. The van der Waals surface area contributed by atoms with E-state index in [2.05, 4.69) is 0 Å². The molecule has 0 aliphatic carbocycles. The zero-order valence-electron chi connectivity index (χ0n) is 7.72. The molecule has 3 heteroatoms. The SMILES string of the molecule is C/C(C=O)=C/CC/C(=C\CCl)CCl. The van der Waals surface area contributed by atoms with Crippen molar-refractivity contribution in [3.63, 3.8) is 0 Å². The van der Waals surface area contributed by atoms with Gasteiger partial charge >= 0.3 is 0 Å². The van der Waals surface area contributed by atoms with Crippen LogP contribution in [0.4, 0.5) is 0 Å². The quantitative estimate of drug-likeness (QED) is 0.291. The molecule has 1 nitrogen and oxygen atoms in total. The van der Waals surface area contributed by atoms with Crippen LogP contribution in [0, 0.1) is 0 Å². The Morgan fingerprint density at radius 3 is 2.46 bits per heavy atom. The van der Waals surface area contributed by atoms with Crippen LogP contribution in [0.3, 0.4) is 0 Å². The Labute approximate surface area is 89.4 Å². The maximum Gasteiger partial charge on any atom is 0.145 e. The average molecular weight is 221 g/mol. The molecule has 0 amide bonds. The van der Waals surface area contributed by atoms with Crippen LogP contribution >= 0.6 is 23.2 Å². The predicted molar refractivity (Wildman–Crippen MR) is 58.6 cm³/mol. The number of rotatable bonds is 6. The van der Waals surface area contributed by atoms with Crippen molar-refractivity contribution >= 4 is 29.5 Å². The summed E-state index contributed by atoms with van der Waals surface area (Å²) in [4.78, 5) is 10.2. The van der Waals surface area contributed by atoms with Crippen LogP contribution in [0.25, 0.3) is 0 Å². The molecule has 0 aromatic heterocycles. The van der Waals surface area contributed by atoms with E-state index in [9.17, 15) is 4.79 Å². The molecule has 0 saturated heterocycles. The van der Waals surface area contributed by atoms with Gasteiger partial charge in [0, 0.05) is 11.8 Å². The first-order valence-electron chi connectivity index (χ1n) is 4.16. The Morgan fingerprint density at radius 2 is 2.00 bits per heavy atom. The van der Waals surface area contributed by atoms with Crippen molar-refractivity contribution in [2.24, 2.45) is 0 Å². The summed E-state index contributed by atoms with van der Waals surface area (Å²) < 4.78 is 0. The third-order valence-corrected chi connectivity index (χ3v) is 2.15. The summed E-state index contributed by atoms with van der Waals surface area (Å²) in [5.74, 6) is 1.01. The van der Waals surface area contributed by atoms with Crippen LogP contribution in [0.5, 0.6) is 0 Å². The van der Waals surface area contributed by atoms with Gasteiger partial charge in [-0.25, -0.2) is 0 Å². The lowest BCUT2D eigenvalue weighted by Crippen LogP contribution is -1.86. The van der Waals surface area contributed by atoms with Gasteiger partial charge in [0.25, 0.3) is 0 Å². The van der Waals surface area contributed by atoms with Gasteiger partial charge < -0.3 is 0 Å². The van der Waals surface area contributed by atoms with Crippen molar-refractivity contribution in [3.05, 3.63) is 23.3 Å². The van der Waals surface area contributed by atoms with Gasteiger partial charge in [-0.15, -0.1) is 23.2 Å². The Kier molecular flexibility index (Phi) is 8.16. The molecule has 0 atom stereocenters. The van der Waals surface area contributed by atoms with Crippen molar-refractivity contribution < 1.29 is 4.79 Å². The minimum absolute atomic E-state index is 0.498. The van der Waals surface area contributed by atoms with Crippen molar-refractivity contribution in [2.45, 2.75) is 19.8 Å². The van der Waals surface area contributed by atoms with Gasteiger partial charge in [-0.1, -0.05) is 17.7 Å². The maximum atomic E-state index is 10.2. The molecular weight excluding hydrogens is 207 g/mol. The molecule has 0 bridgehead atoms. The molecule has 0 aromatic carbocycles. The highest BCUT2D eigenvalue weighted by Crippen LogP contribution is 2.09. The minimum Gasteiger partial charge on any atom is -0.298 e. The van der Waals surface area contributed by atoms with Crippen LogP contribution in [-0.2, 0) is 4.79 Å². The number of carbonyl (C=O) groups excluding carboxylic acids is 1. The number of allylic oxidation sites excluding steroid dienone is 4. The van der Waals surface area contributed by atoms with E-state index in [1.165, 1.54) is 0 Å². The highest BCUT2D eigenvalue weighted by atomic mass is 35.5. The highest BCUT2D eigenvalue weighted by Gasteiger charge is 1.93. The number of hydrogen-bond donors (Lipinski definition) is 0. The Bertz CT molecular complexity index is 207. The second-order valence-corrected chi connectivity index (χ2v) is 3.33. The smallest absolute Gasteiger partial charge is 0.145 e. The fourth-order valence-electron chi connectivity index (χ4n) is 0.866. The van der Waals surface area contributed by atoms with Gasteiger partial charge in [-0.2, -0.15) is 0 Å². The molecule has 0 saturated carbocycles. The van der Waals surface area contributed by atoms with E-state index in [0.717, 1.165) is 30.3 Å². The monoisotopic (exact) mass is 220 g/mol. The topological polar surface area (TPSA) is 17.1 Å². The molecule has 13 heavy (non-hydrogen) atoms. The molecule has 0 aromatic rings. The van der Waals surface area contributed by atoms with E-state index >= 15 is 0 Å².